The second-order valence-corrected chi connectivity index (χ2v) is 4.29. The van der Waals surface area contributed by atoms with Gasteiger partial charge in [-0.15, -0.1) is 0 Å². The maximum atomic E-state index is 6.29. The second-order valence-electron chi connectivity index (χ2n) is 4.29. The first-order valence-electron chi connectivity index (χ1n) is 6.01. The molecule has 0 heterocycles. The van der Waals surface area contributed by atoms with Crippen molar-refractivity contribution in [3.05, 3.63) is 35.9 Å². The highest BCUT2D eigenvalue weighted by Gasteiger charge is 2.34. The van der Waals surface area contributed by atoms with Gasteiger partial charge in [-0.2, -0.15) is 0 Å². The van der Waals surface area contributed by atoms with Gasteiger partial charge in [-0.3, -0.25) is 0 Å². The first kappa shape index (κ1) is 13.2. The van der Waals surface area contributed by atoms with Gasteiger partial charge in [0.2, 0.25) is 0 Å². The number of nitrogens with two attached hydrogens (primary N) is 1. The van der Waals surface area contributed by atoms with Crippen LogP contribution in [0.3, 0.4) is 0 Å². The second kappa shape index (κ2) is 6.02. The molecule has 0 radical (unpaired) electrons. The van der Waals surface area contributed by atoms with E-state index in [9.17, 15) is 0 Å². The Kier molecular flexibility index (Phi) is 4.97. The van der Waals surface area contributed by atoms with Gasteiger partial charge in [-0.05, 0) is 18.4 Å². The van der Waals surface area contributed by atoms with Gasteiger partial charge in [0, 0.05) is 18.6 Å². The van der Waals surface area contributed by atoms with Crippen LogP contribution < -0.4 is 5.73 Å². The van der Waals surface area contributed by atoms with Crippen LogP contribution in [0.2, 0.25) is 0 Å². The van der Waals surface area contributed by atoms with Crippen LogP contribution >= 0.6 is 0 Å². The Hall–Kier alpha value is -0.860. The lowest BCUT2D eigenvalue weighted by Crippen LogP contribution is -2.47. The van der Waals surface area contributed by atoms with Gasteiger partial charge in [0.05, 0.1) is 6.61 Å². The number of ether oxygens (including phenoxy) is 1. The highest BCUT2D eigenvalue weighted by molar-refractivity contribution is 5.27. The van der Waals surface area contributed by atoms with E-state index in [-0.39, 0.29) is 11.5 Å². The van der Waals surface area contributed by atoms with E-state index in [0.29, 0.717) is 6.61 Å². The molecule has 0 bridgehead atoms. The molecule has 0 aliphatic rings. The van der Waals surface area contributed by atoms with E-state index in [4.69, 9.17) is 10.5 Å². The number of methoxy groups -OCH3 is 1. The van der Waals surface area contributed by atoms with E-state index >= 15 is 0 Å². The van der Waals surface area contributed by atoms with Crippen molar-refractivity contribution in [2.45, 2.75) is 38.1 Å². The first-order valence-corrected chi connectivity index (χ1v) is 6.01. The van der Waals surface area contributed by atoms with Crippen LogP contribution in [0, 0.1) is 0 Å². The van der Waals surface area contributed by atoms with Gasteiger partial charge in [-0.25, -0.2) is 0 Å². The van der Waals surface area contributed by atoms with Crippen molar-refractivity contribution in [3.63, 3.8) is 0 Å². The molecule has 2 nitrogen and oxygen atoms in total. The maximum Gasteiger partial charge on any atom is 0.0622 e. The molecule has 0 aromatic heterocycles. The van der Waals surface area contributed by atoms with Crippen molar-refractivity contribution in [2.75, 3.05) is 13.7 Å². The fraction of sp³-hybridized carbons (Fsp3) is 0.571. The summed E-state index contributed by atoms with van der Waals surface area (Å²) in [6.45, 7) is 5.01. The molecule has 0 saturated heterocycles. The van der Waals surface area contributed by atoms with E-state index in [1.807, 2.05) is 6.07 Å². The maximum absolute atomic E-state index is 6.29. The minimum atomic E-state index is 0.0390. The highest BCUT2D eigenvalue weighted by atomic mass is 16.5. The van der Waals surface area contributed by atoms with Gasteiger partial charge in [0.1, 0.15) is 0 Å². The van der Waals surface area contributed by atoms with E-state index in [2.05, 4.69) is 38.1 Å². The Morgan fingerprint density at radius 2 is 1.75 bits per heavy atom. The van der Waals surface area contributed by atoms with Crippen molar-refractivity contribution >= 4 is 0 Å². The monoisotopic (exact) mass is 221 g/mol. The van der Waals surface area contributed by atoms with Crippen LogP contribution in [0.25, 0.3) is 0 Å². The average Bonchev–Trinajstić information content (AvgIpc) is 2.33. The lowest BCUT2D eigenvalue weighted by Gasteiger charge is -2.38. The molecule has 0 fully saturated rings. The molecular formula is C14H23NO. The summed E-state index contributed by atoms with van der Waals surface area (Å²) in [6.07, 6.45) is 2.08. The van der Waals surface area contributed by atoms with E-state index in [0.717, 1.165) is 12.8 Å². The predicted molar refractivity (Wildman–Crippen MR) is 68.6 cm³/mol. The van der Waals surface area contributed by atoms with Gasteiger partial charge < -0.3 is 10.5 Å². The Labute approximate surface area is 98.8 Å². The third kappa shape index (κ3) is 2.45. The topological polar surface area (TPSA) is 35.2 Å². The van der Waals surface area contributed by atoms with Crippen molar-refractivity contribution in [1.29, 1.82) is 0 Å². The van der Waals surface area contributed by atoms with Crippen LogP contribution in [-0.2, 0) is 10.2 Å². The summed E-state index contributed by atoms with van der Waals surface area (Å²) in [4.78, 5) is 0. The largest absolute Gasteiger partial charge is 0.383 e. The normalized spacial score (nSPS) is 13.8. The molecule has 1 atom stereocenters. The molecule has 2 heteroatoms. The van der Waals surface area contributed by atoms with Crippen LogP contribution in [0.4, 0.5) is 0 Å². The summed E-state index contributed by atoms with van der Waals surface area (Å²) in [5.74, 6) is 0. The van der Waals surface area contributed by atoms with Crippen LogP contribution in [-0.4, -0.2) is 19.8 Å². The third-order valence-corrected chi connectivity index (χ3v) is 3.67. The fourth-order valence-electron chi connectivity index (χ4n) is 2.51. The molecule has 16 heavy (non-hydrogen) atoms. The van der Waals surface area contributed by atoms with E-state index < -0.39 is 0 Å². The highest BCUT2D eigenvalue weighted by Crippen LogP contribution is 2.34. The molecule has 1 aromatic rings. The number of hydrogen-bond donors (Lipinski definition) is 1. The third-order valence-electron chi connectivity index (χ3n) is 3.67. The molecule has 1 rings (SSSR count). The Morgan fingerprint density at radius 3 is 2.19 bits per heavy atom. The summed E-state index contributed by atoms with van der Waals surface area (Å²) in [6, 6.07) is 10.6. The number of rotatable bonds is 6. The fourth-order valence-corrected chi connectivity index (χ4v) is 2.51. The molecular weight excluding hydrogens is 198 g/mol. The minimum absolute atomic E-state index is 0.0390. The zero-order valence-electron chi connectivity index (χ0n) is 10.6. The summed E-state index contributed by atoms with van der Waals surface area (Å²) in [5.41, 5.74) is 7.65. The van der Waals surface area contributed by atoms with Gasteiger partial charge in [0.15, 0.2) is 0 Å². The van der Waals surface area contributed by atoms with Crippen molar-refractivity contribution in [3.8, 4) is 0 Å². The van der Waals surface area contributed by atoms with E-state index in [1.54, 1.807) is 7.11 Å². The molecule has 0 saturated carbocycles. The summed E-state index contributed by atoms with van der Waals surface area (Å²) >= 11 is 0. The lowest BCUT2D eigenvalue weighted by atomic mass is 9.70. The quantitative estimate of drug-likeness (QED) is 0.801. The molecule has 2 N–H and O–H groups in total. The van der Waals surface area contributed by atoms with Gasteiger partial charge in [-0.1, -0.05) is 44.2 Å². The Bertz CT molecular complexity index is 293. The Balaban J connectivity index is 3.05. The first-order chi connectivity index (χ1) is 7.71. The van der Waals surface area contributed by atoms with Crippen LogP contribution in [0.1, 0.15) is 32.3 Å². The van der Waals surface area contributed by atoms with Crippen molar-refractivity contribution in [2.24, 2.45) is 5.73 Å². The van der Waals surface area contributed by atoms with Crippen LogP contribution in [0.15, 0.2) is 30.3 Å². The minimum Gasteiger partial charge on any atom is -0.383 e. The molecule has 1 aromatic carbocycles. The van der Waals surface area contributed by atoms with E-state index in [1.165, 1.54) is 5.56 Å². The SMILES string of the molecule is CCC(CC)(c1ccccc1)C(N)COC. The van der Waals surface area contributed by atoms with Crippen molar-refractivity contribution in [1.82, 2.24) is 0 Å². The summed E-state index contributed by atoms with van der Waals surface area (Å²) < 4.78 is 5.21. The standard InChI is InChI=1S/C14H23NO/c1-4-14(5-2,13(15)11-16-3)12-9-7-6-8-10-12/h6-10,13H,4-5,11,15H2,1-3H3. The molecule has 0 spiro atoms. The lowest BCUT2D eigenvalue weighted by molar-refractivity contribution is 0.139. The number of benzene rings is 1. The molecule has 0 aliphatic heterocycles. The predicted octanol–water partition coefficient (Wildman–Crippen LogP) is 2.72. The molecule has 1 unspecified atom stereocenters. The average molecular weight is 221 g/mol. The zero-order chi connectivity index (χ0) is 12.0. The Morgan fingerprint density at radius 1 is 1.19 bits per heavy atom. The summed E-state index contributed by atoms with van der Waals surface area (Å²) in [7, 11) is 1.71. The number of hydrogen-bond acceptors (Lipinski definition) is 2. The van der Waals surface area contributed by atoms with Crippen LogP contribution in [0.5, 0.6) is 0 Å². The van der Waals surface area contributed by atoms with Crippen molar-refractivity contribution < 1.29 is 4.74 Å². The molecule has 0 amide bonds. The zero-order valence-corrected chi connectivity index (χ0v) is 10.6. The summed E-state index contributed by atoms with van der Waals surface area (Å²) in [5, 5.41) is 0. The molecule has 90 valence electrons. The molecule has 0 aliphatic carbocycles. The van der Waals surface area contributed by atoms with Gasteiger partial charge in [0.25, 0.3) is 0 Å². The van der Waals surface area contributed by atoms with Gasteiger partial charge >= 0.3 is 0 Å². The smallest absolute Gasteiger partial charge is 0.0622 e.